The van der Waals surface area contributed by atoms with Crippen LogP contribution >= 0.6 is 0 Å². The molecule has 3 heterocycles. The Hall–Kier alpha value is -2.80. The SMILES string of the molecule is Cc1nc(CC(=O)NC23CC(N4CCOCC4)(C2)C3)c(C2OCCO2)c(N[C@H](C)c2cccc(C(F)F)c2F)n1. The van der Waals surface area contributed by atoms with E-state index in [9.17, 15) is 18.0 Å². The Kier molecular flexibility index (Phi) is 7.22. The molecule has 2 N–H and O–H groups in total. The molecular weight excluding hydrogens is 527 g/mol. The van der Waals surface area contributed by atoms with Gasteiger partial charge in [-0.25, -0.2) is 23.1 Å². The number of halogens is 3. The van der Waals surface area contributed by atoms with E-state index in [1.54, 1.807) is 13.8 Å². The summed E-state index contributed by atoms with van der Waals surface area (Å²) in [5.74, 6) is -0.403. The van der Waals surface area contributed by atoms with Crippen LogP contribution in [0.1, 0.15) is 73.2 Å². The largest absolute Gasteiger partial charge is 0.379 e. The van der Waals surface area contributed by atoms with E-state index in [0.717, 1.165) is 51.6 Å². The molecule has 1 aromatic heterocycles. The second kappa shape index (κ2) is 10.6. The van der Waals surface area contributed by atoms with Crippen LogP contribution < -0.4 is 10.6 Å². The maximum atomic E-state index is 14.9. The fraction of sp³-hybridized carbons (Fsp3) is 0.607. The summed E-state index contributed by atoms with van der Waals surface area (Å²) in [6.45, 7) is 7.43. The zero-order valence-corrected chi connectivity index (χ0v) is 22.6. The number of amides is 1. The molecule has 216 valence electrons. The molecule has 3 aliphatic carbocycles. The standard InChI is InChI=1S/C28H34F3N5O4/c1-16(18-4-3-5-19(23(18)29)24(30)31)32-25-22(26-39-10-11-40-26)20(33-17(2)34-25)12-21(37)35-27-13-28(14-27,15-27)36-6-8-38-9-7-36/h3-5,16,24,26H,6-15H2,1-2H3,(H,35,37)(H,32,33,34)/t16-,27?,28?/m1/s1. The van der Waals surface area contributed by atoms with Gasteiger partial charge in [0.25, 0.3) is 6.43 Å². The van der Waals surface area contributed by atoms with Crippen LogP contribution in [0.25, 0.3) is 0 Å². The molecule has 12 heteroatoms. The maximum Gasteiger partial charge on any atom is 0.266 e. The van der Waals surface area contributed by atoms with Crippen LogP contribution in [0, 0.1) is 12.7 Å². The monoisotopic (exact) mass is 561 g/mol. The van der Waals surface area contributed by atoms with Crippen LogP contribution in [0.15, 0.2) is 18.2 Å². The number of nitrogens with one attached hydrogen (secondary N) is 2. The number of ether oxygens (including phenoxy) is 3. The van der Waals surface area contributed by atoms with Gasteiger partial charge in [-0.3, -0.25) is 9.69 Å². The quantitative estimate of drug-likeness (QED) is 0.478. The zero-order chi connectivity index (χ0) is 28.1. The smallest absolute Gasteiger partial charge is 0.266 e. The highest BCUT2D eigenvalue weighted by Gasteiger charge is 2.70. The van der Waals surface area contributed by atoms with Crippen molar-refractivity contribution in [2.24, 2.45) is 0 Å². The minimum absolute atomic E-state index is 0.00743. The van der Waals surface area contributed by atoms with Crippen molar-refractivity contribution < 1.29 is 32.2 Å². The van der Waals surface area contributed by atoms with Gasteiger partial charge in [-0.2, -0.15) is 0 Å². The molecule has 1 atom stereocenters. The second-order valence-corrected chi connectivity index (χ2v) is 11.3. The van der Waals surface area contributed by atoms with Gasteiger partial charge < -0.3 is 24.8 Å². The molecule has 2 bridgehead atoms. The Bertz CT molecular complexity index is 1260. The molecule has 7 rings (SSSR count). The molecule has 2 aliphatic heterocycles. The molecule has 40 heavy (non-hydrogen) atoms. The van der Waals surface area contributed by atoms with E-state index in [-0.39, 0.29) is 29.0 Å². The van der Waals surface area contributed by atoms with Crippen molar-refractivity contribution >= 4 is 11.7 Å². The van der Waals surface area contributed by atoms with E-state index in [4.69, 9.17) is 14.2 Å². The molecule has 0 radical (unpaired) electrons. The summed E-state index contributed by atoms with van der Waals surface area (Å²) in [6.07, 6.45) is -0.946. The van der Waals surface area contributed by atoms with Gasteiger partial charge in [-0.1, -0.05) is 18.2 Å². The number of anilines is 1. The van der Waals surface area contributed by atoms with Gasteiger partial charge in [0.15, 0.2) is 6.29 Å². The Balaban J connectivity index is 1.20. The molecule has 0 spiro atoms. The number of carbonyl (C=O) groups is 1. The number of nitrogens with zero attached hydrogens (tertiary/aromatic N) is 3. The molecule has 3 saturated carbocycles. The summed E-state index contributed by atoms with van der Waals surface area (Å²) < 4.78 is 58.5. The topological polar surface area (TPSA) is 97.8 Å². The number of benzene rings is 1. The average Bonchev–Trinajstić information content (AvgIpc) is 3.40. The van der Waals surface area contributed by atoms with Crippen molar-refractivity contribution in [2.75, 3.05) is 44.8 Å². The third-order valence-electron chi connectivity index (χ3n) is 8.52. The van der Waals surface area contributed by atoms with Crippen molar-refractivity contribution in [2.45, 2.75) is 69.4 Å². The van der Waals surface area contributed by atoms with E-state index in [0.29, 0.717) is 36.1 Å². The van der Waals surface area contributed by atoms with E-state index in [1.165, 1.54) is 12.1 Å². The van der Waals surface area contributed by atoms with Crippen molar-refractivity contribution in [1.29, 1.82) is 0 Å². The summed E-state index contributed by atoms with van der Waals surface area (Å²) in [5.41, 5.74) is 0.324. The van der Waals surface area contributed by atoms with Crippen molar-refractivity contribution in [3.63, 3.8) is 0 Å². The second-order valence-electron chi connectivity index (χ2n) is 11.3. The van der Waals surface area contributed by atoms with Crippen LogP contribution in [0.4, 0.5) is 19.0 Å². The fourth-order valence-electron chi connectivity index (χ4n) is 6.74. The first kappa shape index (κ1) is 27.4. The average molecular weight is 562 g/mol. The van der Waals surface area contributed by atoms with Crippen molar-refractivity contribution in [1.82, 2.24) is 20.2 Å². The van der Waals surface area contributed by atoms with Crippen molar-refractivity contribution in [3.8, 4) is 0 Å². The molecule has 0 unspecified atom stereocenters. The lowest BCUT2D eigenvalue weighted by Gasteiger charge is -2.74. The molecule has 5 aliphatic rings. The first-order valence-electron chi connectivity index (χ1n) is 13.8. The van der Waals surface area contributed by atoms with Gasteiger partial charge in [-0.15, -0.1) is 0 Å². The molecule has 1 amide bonds. The van der Waals surface area contributed by atoms with E-state index in [2.05, 4.69) is 25.5 Å². The van der Waals surface area contributed by atoms with Crippen molar-refractivity contribution in [3.05, 3.63) is 52.2 Å². The first-order valence-corrected chi connectivity index (χ1v) is 13.8. The normalized spacial score (nSPS) is 27.2. The van der Waals surface area contributed by atoms with E-state index >= 15 is 0 Å². The highest BCUT2D eigenvalue weighted by Crippen LogP contribution is 2.63. The first-order chi connectivity index (χ1) is 19.2. The predicted octanol–water partition coefficient (Wildman–Crippen LogP) is 3.75. The third kappa shape index (κ3) is 4.95. The number of morpholine rings is 1. The minimum Gasteiger partial charge on any atom is -0.379 e. The highest BCUT2D eigenvalue weighted by atomic mass is 19.3. The number of rotatable bonds is 9. The van der Waals surface area contributed by atoms with E-state index < -0.39 is 30.1 Å². The molecular formula is C28H34F3N5O4. The van der Waals surface area contributed by atoms with E-state index in [1.807, 2.05) is 0 Å². The van der Waals surface area contributed by atoms with Gasteiger partial charge in [0.1, 0.15) is 17.5 Å². The summed E-state index contributed by atoms with van der Waals surface area (Å²) in [5, 5.41) is 6.38. The molecule has 2 saturated heterocycles. The molecule has 9 nitrogen and oxygen atoms in total. The highest BCUT2D eigenvalue weighted by molar-refractivity contribution is 5.80. The number of aryl methyl sites for hydroxylation is 1. The number of carbonyl (C=O) groups excluding carboxylic acids is 1. The van der Waals surface area contributed by atoms with Crippen LogP contribution in [0.3, 0.4) is 0 Å². The molecule has 1 aromatic carbocycles. The number of hydrogen-bond acceptors (Lipinski definition) is 8. The summed E-state index contributed by atoms with van der Waals surface area (Å²) >= 11 is 0. The third-order valence-corrected chi connectivity index (χ3v) is 8.52. The Labute approximate surface area is 230 Å². The molecule has 5 fully saturated rings. The predicted molar refractivity (Wildman–Crippen MR) is 138 cm³/mol. The van der Waals surface area contributed by atoms with Crippen LogP contribution in [0.2, 0.25) is 0 Å². The maximum absolute atomic E-state index is 14.9. The Morgan fingerprint density at radius 2 is 1.77 bits per heavy atom. The van der Waals surface area contributed by atoms with Gasteiger partial charge >= 0.3 is 0 Å². The van der Waals surface area contributed by atoms with Crippen LogP contribution in [0.5, 0.6) is 0 Å². The lowest BCUT2D eigenvalue weighted by molar-refractivity contribution is -0.198. The summed E-state index contributed by atoms with van der Waals surface area (Å²) in [7, 11) is 0. The van der Waals surface area contributed by atoms with Crippen LogP contribution in [-0.2, 0) is 25.4 Å². The van der Waals surface area contributed by atoms with Gasteiger partial charge in [0.05, 0.1) is 55.7 Å². The Morgan fingerprint density at radius 1 is 1.10 bits per heavy atom. The zero-order valence-electron chi connectivity index (χ0n) is 22.6. The Morgan fingerprint density at radius 3 is 2.45 bits per heavy atom. The van der Waals surface area contributed by atoms with Gasteiger partial charge in [0.2, 0.25) is 5.91 Å². The van der Waals surface area contributed by atoms with Gasteiger partial charge in [-0.05, 0) is 33.1 Å². The van der Waals surface area contributed by atoms with Crippen LogP contribution in [-0.4, -0.2) is 71.4 Å². The lowest BCUT2D eigenvalue weighted by atomic mass is 9.43. The summed E-state index contributed by atoms with van der Waals surface area (Å²) in [6, 6.07) is 3.21. The number of aromatic nitrogens is 2. The fourth-order valence-corrected chi connectivity index (χ4v) is 6.74. The number of hydrogen-bond donors (Lipinski definition) is 2. The van der Waals surface area contributed by atoms with Gasteiger partial charge in [0, 0.05) is 29.7 Å². The molecule has 2 aromatic rings. The lowest BCUT2D eigenvalue weighted by Crippen LogP contribution is -2.84. The number of alkyl halides is 2. The summed E-state index contributed by atoms with van der Waals surface area (Å²) in [4.78, 5) is 24.8. The minimum atomic E-state index is -2.93.